The molecule has 0 aliphatic carbocycles. The molecule has 0 bridgehead atoms. The van der Waals surface area contributed by atoms with E-state index in [4.69, 9.17) is 0 Å². The van der Waals surface area contributed by atoms with Gasteiger partial charge in [-0.05, 0) is 44.2 Å². The molecule has 1 saturated heterocycles. The number of anilines is 1. The normalized spacial score (nSPS) is 18.7. The van der Waals surface area contributed by atoms with Crippen LogP contribution in [0.3, 0.4) is 0 Å². The van der Waals surface area contributed by atoms with E-state index in [1.165, 1.54) is 36.0 Å². The van der Waals surface area contributed by atoms with Gasteiger partial charge in [0.05, 0.1) is 11.0 Å². The van der Waals surface area contributed by atoms with E-state index in [0.29, 0.717) is 5.69 Å². The van der Waals surface area contributed by atoms with Gasteiger partial charge in [0.2, 0.25) is 11.8 Å². The number of carbonyl (C=O) groups is 2. The number of halogens is 1. The molecule has 2 unspecified atom stereocenters. The Labute approximate surface area is 133 Å². The highest BCUT2D eigenvalue weighted by Gasteiger charge is 2.21. The maximum absolute atomic E-state index is 12.8. The van der Waals surface area contributed by atoms with Gasteiger partial charge in [0.15, 0.2) is 0 Å². The first-order valence-corrected chi connectivity index (χ1v) is 8.27. The summed E-state index contributed by atoms with van der Waals surface area (Å²) in [4.78, 5) is 23.8. The van der Waals surface area contributed by atoms with Crippen molar-refractivity contribution in [2.75, 3.05) is 24.2 Å². The Hall–Kier alpha value is -1.60. The second-order valence-corrected chi connectivity index (χ2v) is 6.54. The van der Waals surface area contributed by atoms with Gasteiger partial charge in [0.25, 0.3) is 0 Å². The number of carbonyl (C=O) groups excluding carboxylic acids is 2. The SMILES string of the molecule is CC(SCC(=O)Nc1ccc(F)cc1)C(=O)NC1CCNC1. The summed E-state index contributed by atoms with van der Waals surface area (Å²) in [6.07, 6.45) is 0.939. The van der Waals surface area contributed by atoms with E-state index in [-0.39, 0.29) is 34.7 Å². The van der Waals surface area contributed by atoms with Crippen LogP contribution in [-0.2, 0) is 9.59 Å². The minimum Gasteiger partial charge on any atom is -0.351 e. The topological polar surface area (TPSA) is 70.2 Å². The molecule has 0 spiro atoms. The minimum absolute atomic E-state index is 0.0479. The molecule has 0 radical (unpaired) electrons. The molecule has 1 aliphatic heterocycles. The van der Waals surface area contributed by atoms with Gasteiger partial charge in [0.1, 0.15) is 5.82 Å². The van der Waals surface area contributed by atoms with Gasteiger partial charge < -0.3 is 16.0 Å². The molecule has 3 N–H and O–H groups in total. The first-order chi connectivity index (χ1) is 10.5. The Bertz CT molecular complexity index is 518. The summed E-state index contributed by atoms with van der Waals surface area (Å²) in [7, 11) is 0. The lowest BCUT2D eigenvalue weighted by Crippen LogP contribution is -2.40. The van der Waals surface area contributed by atoms with E-state index in [1.54, 1.807) is 6.92 Å². The molecular weight excluding hydrogens is 305 g/mol. The molecule has 0 aromatic heterocycles. The summed E-state index contributed by atoms with van der Waals surface area (Å²) in [5, 5.41) is 8.52. The predicted molar refractivity (Wildman–Crippen MR) is 86.4 cm³/mol. The van der Waals surface area contributed by atoms with Crippen LogP contribution in [0.25, 0.3) is 0 Å². The zero-order chi connectivity index (χ0) is 15.9. The van der Waals surface area contributed by atoms with Crippen molar-refractivity contribution in [1.82, 2.24) is 10.6 Å². The summed E-state index contributed by atoms with van der Waals surface area (Å²) in [6.45, 7) is 3.51. The summed E-state index contributed by atoms with van der Waals surface area (Å²) in [5.41, 5.74) is 0.543. The van der Waals surface area contributed by atoms with Crippen LogP contribution in [0.5, 0.6) is 0 Å². The van der Waals surface area contributed by atoms with Gasteiger partial charge in [-0.25, -0.2) is 4.39 Å². The number of benzene rings is 1. The Morgan fingerprint density at radius 2 is 2.14 bits per heavy atom. The average Bonchev–Trinajstić information content (AvgIpc) is 3.00. The minimum atomic E-state index is -0.348. The fraction of sp³-hybridized carbons (Fsp3) is 0.467. The number of amides is 2. The van der Waals surface area contributed by atoms with E-state index in [9.17, 15) is 14.0 Å². The highest BCUT2D eigenvalue weighted by Crippen LogP contribution is 2.13. The summed E-state index contributed by atoms with van der Waals surface area (Å²) in [6, 6.07) is 5.76. The van der Waals surface area contributed by atoms with Crippen molar-refractivity contribution in [1.29, 1.82) is 0 Å². The fourth-order valence-electron chi connectivity index (χ4n) is 2.10. The Kier molecular flexibility index (Phi) is 6.21. The van der Waals surface area contributed by atoms with Gasteiger partial charge in [-0.3, -0.25) is 9.59 Å². The molecular formula is C15H20FN3O2S. The number of thioether (sulfide) groups is 1. The molecule has 1 heterocycles. The zero-order valence-electron chi connectivity index (χ0n) is 12.4. The zero-order valence-corrected chi connectivity index (χ0v) is 13.2. The van der Waals surface area contributed by atoms with Crippen LogP contribution >= 0.6 is 11.8 Å². The maximum Gasteiger partial charge on any atom is 0.234 e. The third-order valence-corrected chi connectivity index (χ3v) is 4.51. The molecule has 1 fully saturated rings. The number of nitrogens with one attached hydrogen (secondary N) is 3. The first kappa shape index (κ1) is 16.8. The van der Waals surface area contributed by atoms with Crippen molar-refractivity contribution in [3.8, 4) is 0 Å². The maximum atomic E-state index is 12.8. The van der Waals surface area contributed by atoms with Crippen LogP contribution in [0.1, 0.15) is 13.3 Å². The molecule has 2 amide bonds. The number of hydrogen-bond acceptors (Lipinski definition) is 4. The quantitative estimate of drug-likeness (QED) is 0.739. The average molecular weight is 325 g/mol. The second-order valence-electron chi connectivity index (χ2n) is 5.21. The number of hydrogen-bond donors (Lipinski definition) is 3. The predicted octanol–water partition coefficient (Wildman–Crippen LogP) is 1.36. The third-order valence-electron chi connectivity index (χ3n) is 3.37. The van der Waals surface area contributed by atoms with Crippen molar-refractivity contribution in [3.05, 3.63) is 30.1 Å². The standard InChI is InChI=1S/C15H20FN3O2S/c1-10(15(21)19-13-6-7-17-8-13)22-9-14(20)18-12-4-2-11(16)3-5-12/h2-5,10,13,17H,6-9H2,1H3,(H,18,20)(H,19,21). The van der Waals surface area contributed by atoms with Crippen LogP contribution in [0.2, 0.25) is 0 Å². The Balaban J connectivity index is 1.70. The van der Waals surface area contributed by atoms with Gasteiger partial charge in [-0.15, -0.1) is 11.8 Å². The lowest BCUT2D eigenvalue weighted by molar-refractivity contribution is -0.120. The monoisotopic (exact) mass is 325 g/mol. The molecule has 1 aliphatic rings. The molecule has 0 saturated carbocycles. The summed E-state index contributed by atoms with van der Waals surface area (Å²) < 4.78 is 12.8. The molecule has 2 atom stereocenters. The van der Waals surface area contributed by atoms with Gasteiger partial charge in [-0.1, -0.05) is 0 Å². The van der Waals surface area contributed by atoms with Crippen LogP contribution in [0.4, 0.5) is 10.1 Å². The van der Waals surface area contributed by atoms with Crippen LogP contribution in [0.15, 0.2) is 24.3 Å². The summed E-state index contributed by atoms with van der Waals surface area (Å²) >= 11 is 1.28. The van der Waals surface area contributed by atoms with Crippen molar-refractivity contribution in [2.45, 2.75) is 24.6 Å². The van der Waals surface area contributed by atoms with Gasteiger partial charge >= 0.3 is 0 Å². The van der Waals surface area contributed by atoms with Crippen LogP contribution in [-0.4, -0.2) is 41.9 Å². The molecule has 22 heavy (non-hydrogen) atoms. The van der Waals surface area contributed by atoms with Gasteiger partial charge in [0, 0.05) is 18.3 Å². The summed E-state index contributed by atoms with van der Waals surface area (Å²) in [5.74, 6) is -0.430. The molecule has 120 valence electrons. The highest BCUT2D eigenvalue weighted by molar-refractivity contribution is 8.01. The van der Waals surface area contributed by atoms with E-state index in [1.807, 2.05) is 0 Å². The van der Waals surface area contributed by atoms with Crippen LogP contribution < -0.4 is 16.0 Å². The highest BCUT2D eigenvalue weighted by atomic mass is 32.2. The third kappa shape index (κ3) is 5.31. The van der Waals surface area contributed by atoms with Crippen molar-refractivity contribution >= 4 is 29.3 Å². The molecule has 5 nitrogen and oxygen atoms in total. The molecule has 7 heteroatoms. The first-order valence-electron chi connectivity index (χ1n) is 7.22. The van der Waals surface area contributed by atoms with Crippen LogP contribution in [0, 0.1) is 5.82 Å². The smallest absolute Gasteiger partial charge is 0.234 e. The molecule has 2 rings (SSSR count). The Morgan fingerprint density at radius 3 is 2.77 bits per heavy atom. The lowest BCUT2D eigenvalue weighted by Gasteiger charge is -2.15. The Morgan fingerprint density at radius 1 is 1.41 bits per heavy atom. The van der Waals surface area contributed by atoms with E-state index in [2.05, 4.69) is 16.0 Å². The lowest BCUT2D eigenvalue weighted by atomic mass is 10.2. The fourth-order valence-corrected chi connectivity index (χ4v) is 2.80. The van der Waals surface area contributed by atoms with Crippen molar-refractivity contribution in [3.63, 3.8) is 0 Å². The van der Waals surface area contributed by atoms with E-state index >= 15 is 0 Å². The molecule has 1 aromatic rings. The van der Waals surface area contributed by atoms with E-state index in [0.717, 1.165) is 19.5 Å². The van der Waals surface area contributed by atoms with Gasteiger partial charge in [-0.2, -0.15) is 0 Å². The number of rotatable bonds is 6. The second kappa shape index (κ2) is 8.14. The van der Waals surface area contributed by atoms with Crippen molar-refractivity contribution in [2.24, 2.45) is 0 Å². The van der Waals surface area contributed by atoms with E-state index < -0.39 is 0 Å². The largest absolute Gasteiger partial charge is 0.351 e. The van der Waals surface area contributed by atoms with Crippen molar-refractivity contribution < 1.29 is 14.0 Å². The molecule has 1 aromatic carbocycles.